The van der Waals surface area contributed by atoms with Crippen molar-refractivity contribution < 1.29 is 18.8 Å². The molecule has 1 aromatic carbocycles. The molecule has 1 aromatic heterocycles. The second-order valence-electron chi connectivity index (χ2n) is 7.36. The van der Waals surface area contributed by atoms with Gasteiger partial charge in [-0.3, -0.25) is 4.79 Å². The zero-order chi connectivity index (χ0) is 18.3. The number of hydrogen-bond acceptors (Lipinski definition) is 5. The first-order valence-corrected chi connectivity index (χ1v) is 9.08. The van der Waals surface area contributed by atoms with Crippen molar-refractivity contribution in [3.8, 4) is 17.1 Å². The smallest absolute Gasteiger partial charge is 0.235 e. The number of aromatic nitrogens is 1. The van der Waals surface area contributed by atoms with Gasteiger partial charge in [0, 0.05) is 24.7 Å². The van der Waals surface area contributed by atoms with Crippen molar-refractivity contribution in [2.24, 2.45) is 0 Å². The van der Waals surface area contributed by atoms with Crippen LogP contribution in [0.3, 0.4) is 0 Å². The molecular weight excluding hydrogens is 332 g/mol. The summed E-state index contributed by atoms with van der Waals surface area (Å²) < 4.78 is 16.6. The number of morpholine rings is 1. The first-order chi connectivity index (χ1) is 12.5. The van der Waals surface area contributed by atoms with Crippen LogP contribution in [0.4, 0.5) is 0 Å². The Bertz CT molecular complexity index is 802. The summed E-state index contributed by atoms with van der Waals surface area (Å²) in [5.74, 6) is 1.56. The Balaban J connectivity index is 1.57. The van der Waals surface area contributed by atoms with Gasteiger partial charge >= 0.3 is 0 Å². The SMILES string of the molecule is COc1cccc(-c2cc(C3(C(=O)N4CC(C)OC(C)C4)CC3)no2)c1. The Morgan fingerprint density at radius 1 is 1.23 bits per heavy atom. The van der Waals surface area contributed by atoms with Crippen LogP contribution < -0.4 is 4.74 Å². The van der Waals surface area contributed by atoms with E-state index in [1.807, 2.05) is 49.1 Å². The van der Waals surface area contributed by atoms with Gasteiger partial charge in [-0.1, -0.05) is 17.3 Å². The third kappa shape index (κ3) is 2.98. The Morgan fingerprint density at radius 3 is 2.62 bits per heavy atom. The van der Waals surface area contributed by atoms with Crippen LogP contribution in [0.1, 0.15) is 32.4 Å². The summed E-state index contributed by atoms with van der Waals surface area (Å²) in [5.41, 5.74) is 1.09. The molecule has 2 aliphatic rings. The van der Waals surface area contributed by atoms with Gasteiger partial charge in [-0.2, -0.15) is 0 Å². The number of carbonyl (C=O) groups excluding carboxylic acids is 1. The number of nitrogens with zero attached hydrogens (tertiary/aromatic N) is 2. The zero-order valence-electron chi connectivity index (χ0n) is 15.4. The van der Waals surface area contributed by atoms with Crippen molar-refractivity contribution in [3.05, 3.63) is 36.0 Å². The molecule has 1 aliphatic carbocycles. The van der Waals surface area contributed by atoms with E-state index in [1.54, 1.807) is 7.11 Å². The van der Waals surface area contributed by atoms with Gasteiger partial charge in [-0.25, -0.2) is 0 Å². The molecule has 6 heteroatoms. The lowest BCUT2D eigenvalue weighted by atomic mass is 9.98. The molecular formula is C20H24N2O4. The standard InChI is InChI=1S/C20H24N2O4/c1-13-11-22(12-14(2)25-13)19(23)20(7-8-20)18-10-17(26-21-18)15-5-4-6-16(9-15)24-3/h4-6,9-10,13-14H,7-8,11-12H2,1-3H3. The Morgan fingerprint density at radius 2 is 1.96 bits per heavy atom. The van der Waals surface area contributed by atoms with Crippen LogP contribution in [-0.4, -0.2) is 48.4 Å². The highest BCUT2D eigenvalue weighted by atomic mass is 16.5. The molecule has 2 unspecified atom stereocenters. The maximum atomic E-state index is 13.2. The van der Waals surface area contributed by atoms with Crippen LogP contribution in [0.15, 0.2) is 34.9 Å². The molecule has 0 spiro atoms. The summed E-state index contributed by atoms with van der Waals surface area (Å²) in [4.78, 5) is 15.1. The summed E-state index contributed by atoms with van der Waals surface area (Å²) >= 11 is 0. The predicted octanol–water partition coefficient (Wildman–Crippen LogP) is 3.02. The van der Waals surface area contributed by atoms with Crippen LogP contribution in [0, 0.1) is 0 Å². The average Bonchev–Trinajstić information content (AvgIpc) is 3.29. The molecule has 1 saturated heterocycles. The first-order valence-electron chi connectivity index (χ1n) is 9.08. The molecule has 4 rings (SSSR count). The fourth-order valence-electron chi connectivity index (χ4n) is 3.76. The maximum Gasteiger partial charge on any atom is 0.235 e. The third-order valence-electron chi connectivity index (χ3n) is 5.22. The lowest BCUT2D eigenvalue weighted by Gasteiger charge is -2.37. The van der Waals surface area contributed by atoms with Gasteiger partial charge in [0.05, 0.1) is 30.4 Å². The van der Waals surface area contributed by atoms with E-state index >= 15 is 0 Å². The van der Waals surface area contributed by atoms with Crippen molar-refractivity contribution >= 4 is 5.91 Å². The highest BCUT2D eigenvalue weighted by molar-refractivity contribution is 5.91. The zero-order valence-corrected chi connectivity index (χ0v) is 15.4. The van der Waals surface area contributed by atoms with Gasteiger partial charge < -0.3 is 18.9 Å². The van der Waals surface area contributed by atoms with Crippen molar-refractivity contribution in [1.82, 2.24) is 10.1 Å². The first kappa shape index (κ1) is 17.1. The maximum absolute atomic E-state index is 13.2. The summed E-state index contributed by atoms with van der Waals surface area (Å²) in [6.45, 7) is 5.27. The van der Waals surface area contributed by atoms with Gasteiger partial charge in [-0.15, -0.1) is 0 Å². The second kappa shape index (κ2) is 6.43. The quantitative estimate of drug-likeness (QED) is 0.842. The topological polar surface area (TPSA) is 64.8 Å². The lowest BCUT2D eigenvalue weighted by molar-refractivity contribution is -0.146. The minimum atomic E-state index is -0.530. The number of methoxy groups -OCH3 is 1. The van der Waals surface area contributed by atoms with Gasteiger partial charge in [0.25, 0.3) is 0 Å². The molecule has 0 radical (unpaired) electrons. The molecule has 2 fully saturated rings. The fourth-order valence-corrected chi connectivity index (χ4v) is 3.76. The molecule has 6 nitrogen and oxygen atoms in total. The minimum absolute atomic E-state index is 0.0585. The Hall–Kier alpha value is -2.34. The average molecular weight is 356 g/mol. The minimum Gasteiger partial charge on any atom is -0.497 e. The Labute approximate surface area is 153 Å². The normalized spacial score (nSPS) is 24.3. The largest absolute Gasteiger partial charge is 0.497 e. The van der Waals surface area contributed by atoms with Gasteiger partial charge in [-0.05, 0) is 38.8 Å². The summed E-state index contributed by atoms with van der Waals surface area (Å²) in [5, 5.41) is 4.24. The van der Waals surface area contributed by atoms with Crippen LogP contribution in [-0.2, 0) is 14.9 Å². The van der Waals surface area contributed by atoms with Crippen LogP contribution in [0.5, 0.6) is 5.75 Å². The van der Waals surface area contributed by atoms with E-state index in [2.05, 4.69) is 5.16 Å². The van der Waals surface area contributed by atoms with E-state index in [0.29, 0.717) is 18.8 Å². The van der Waals surface area contributed by atoms with E-state index in [-0.39, 0.29) is 18.1 Å². The second-order valence-corrected chi connectivity index (χ2v) is 7.36. The van der Waals surface area contributed by atoms with E-state index < -0.39 is 5.41 Å². The third-order valence-corrected chi connectivity index (χ3v) is 5.22. The number of ether oxygens (including phenoxy) is 2. The van der Waals surface area contributed by atoms with Gasteiger partial charge in [0.1, 0.15) is 5.75 Å². The van der Waals surface area contributed by atoms with Crippen LogP contribution in [0.2, 0.25) is 0 Å². The van der Waals surface area contributed by atoms with E-state index in [1.165, 1.54) is 0 Å². The number of amides is 1. The monoisotopic (exact) mass is 356 g/mol. The highest BCUT2D eigenvalue weighted by Crippen LogP contribution is 2.50. The van der Waals surface area contributed by atoms with E-state index in [4.69, 9.17) is 14.0 Å². The molecule has 0 bridgehead atoms. The molecule has 2 atom stereocenters. The molecule has 26 heavy (non-hydrogen) atoms. The number of rotatable bonds is 4. The lowest BCUT2D eigenvalue weighted by Crippen LogP contribution is -2.51. The highest BCUT2D eigenvalue weighted by Gasteiger charge is 2.56. The van der Waals surface area contributed by atoms with Crippen molar-refractivity contribution in [2.75, 3.05) is 20.2 Å². The van der Waals surface area contributed by atoms with Crippen molar-refractivity contribution in [3.63, 3.8) is 0 Å². The summed E-state index contributed by atoms with van der Waals surface area (Å²) in [6, 6.07) is 9.53. The Kier molecular flexibility index (Phi) is 4.23. The van der Waals surface area contributed by atoms with E-state index in [9.17, 15) is 4.79 Å². The summed E-state index contributed by atoms with van der Waals surface area (Å²) in [7, 11) is 1.63. The molecule has 138 valence electrons. The number of carbonyl (C=O) groups is 1. The fraction of sp³-hybridized carbons (Fsp3) is 0.500. The molecule has 0 N–H and O–H groups in total. The number of benzene rings is 1. The molecule has 1 saturated carbocycles. The van der Waals surface area contributed by atoms with Crippen LogP contribution >= 0.6 is 0 Å². The number of hydrogen-bond donors (Lipinski definition) is 0. The van der Waals surface area contributed by atoms with Crippen LogP contribution in [0.25, 0.3) is 11.3 Å². The van der Waals surface area contributed by atoms with Gasteiger partial charge in [0.2, 0.25) is 5.91 Å². The van der Waals surface area contributed by atoms with Crippen molar-refractivity contribution in [1.29, 1.82) is 0 Å². The van der Waals surface area contributed by atoms with E-state index in [0.717, 1.165) is 29.8 Å². The molecule has 2 heterocycles. The predicted molar refractivity (Wildman–Crippen MR) is 96.0 cm³/mol. The molecule has 2 aromatic rings. The van der Waals surface area contributed by atoms with Crippen molar-refractivity contribution in [2.45, 2.75) is 44.3 Å². The molecule has 1 amide bonds. The molecule has 1 aliphatic heterocycles. The van der Waals surface area contributed by atoms with Gasteiger partial charge in [0.15, 0.2) is 5.76 Å². The summed E-state index contributed by atoms with van der Waals surface area (Å²) in [6.07, 6.45) is 1.75.